The summed E-state index contributed by atoms with van der Waals surface area (Å²) < 4.78 is 5.11. The van der Waals surface area contributed by atoms with Crippen LogP contribution in [-0.2, 0) is 20.9 Å². The summed E-state index contributed by atoms with van der Waals surface area (Å²) in [5, 5.41) is 2.82. The Bertz CT molecular complexity index is 648. The van der Waals surface area contributed by atoms with Crippen molar-refractivity contribution in [3.63, 3.8) is 0 Å². The molecule has 1 aromatic rings. The highest BCUT2D eigenvalue weighted by molar-refractivity contribution is 6.08. The Hall–Kier alpha value is -2.44. The summed E-state index contributed by atoms with van der Waals surface area (Å²) in [7, 11) is 0. The Morgan fingerprint density at radius 2 is 2.25 bits per heavy atom. The van der Waals surface area contributed by atoms with Gasteiger partial charge in [0.25, 0.3) is 5.91 Å². The van der Waals surface area contributed by atoms with Gasteiger partial charge < -0.3 is 10.1 Å². The van der Waals surface area contributed by atoms with Crippen molar-refractivity contribution >= 4 is 17.9 Å². The van der Waals surface area contributed by atoms with E-state index in [4.69, 9.17) is 4.74 Å². The number of esters is 1. The number of imide groups is 1. The molecule has 7 heteroatoms. The molecule has 3 amide bonds. The fourth-order valence-electron chi connectivity index (χ4n) is 3.45. The summed E-state index contributed by atoms with van der Waals surface area (Å²) in [6.45, 7) is 1.62. The summed E-state index contributed by atoms with van der Waals surface area (Å²) in [6, 6.07) is 4.79. The van der Waals surface area contributed by atoms with Crippen molar-refractivity contribution in [3.05, 3.63) is 30.1 Å². The maximum atomic E-state index is 12.7. The number of hydrogen-bond donors (Lipinski definition) is 1. The zero-order valence-corrected chi connectivity index (χ0v) is 13.7. The van der Waals surface area contributed by atoms with Crippen LogP contribution < -0.4 is 5.32 Å². The molecule has 7 nitrogen and oxygen atoms in total. The maximum Gasteiger partial charge on any atom is 0.326 e. The van der Waals surface area contributed by atoms with Crippen molar-refractivity contribution in [3.8, 4) is 0 Å². The number of nitrogens with one attached hydrogen (secondary N) is 1. The van der Waals surface area contributed by atoms with E-state index in [1.807, 2.05) is 6.92 Å². The number of amides is 3. The van der Waals surface area contributed by atoms with Gasteiger partial charge in [0.15, 0.2) is 0 Å². The number of rotatable bonds is 4. The molecule has 1 aliphatic heterocycles. The molecule has 0 unspecified atom stereocenters. The molecule has 1 aromatic heterocycles. The van der Waals surface area contributed by atoms with Gasteiger partial charge in [-0.2, -0.15) is 0 Å². The molecule has 2 heterocycles. The molecule has 24 heavy (non-hydrogen) atoms. The zero-order valence-electron chi connectivity index (χ0n) is 13.7. The van der Waals surface area contributed by atoms with Gasteiger partial charge in [0.1, 0.15) is 18.7 Å². The molecular formula is C17H21N3O4. The van der Waals surface area contributed by atoms with Gasteiger partial charge >= 0.3 is 12.0 Å². The standard InChI is InChI=1S/C17H21N3O4/c1-12-6-2-4-8-17(12)15(22)20(16(23)19-17)10-14(21)24-11-13-7-3-5-9-18-13/h3,5,7,9,12H,2,4,6,8,10-11H2,1H3,(H,19,23)/t12-,17+/m0/s1. The van der Waals surface area contributed by atoms with Gasteiger partial charge in [-0.25, -0.2) is 4.79 Å². The topological polar surface area (TPSA) is 88.6 Å². The SMILES string of the molecule is C[C@H]1CCCC[C@@]12NC(=O)N(CC(=O)OCc1ccccn1)C2=O. The highest BCUT2D eigenvalue weighted by Crippen LogP contribution is 2.38. The molecule has 1 aliphatic carbocycles. The summed E-state index contributed by atoms with van der Waals surface area (Å²) in [5.74, 6) is -0.864. The number of nitrogens with zero attached hydrogens (tertiary/aromatic N) is 2. The summed E-state index contributed by atoms with van der Waals surface area (Å²) in [5.41, 5.74) is -0.239. The fraction of sp³-hybridized carbons (Fsp3) is 0.529. The lowest BCUT2D eigenvalue weighted by molar-refractivity contribution is -0.149. The van der Waals surface area contributed by atoms with E-state index in [2.05, 4.69) is 10.3 Å². The normalized spacial score (nSPS) is 26.5. The Morgan fingerprint density at radius 3 is 2.96 bits per heavy atom. The highest BCUT2D eigenvalue weighted by Gasteiger charge is 2.55. The average molecular weight is 331 g/mol. The van der Waals surface area contributed by atoms with Crippen LogP contribution in [0.2, 0.25) is 0 Å². The number of pyridine rings is 1. The minimum atomic E-state index is -0.851. The Balaban J connectivity index is 1.61. The first-order chi connectivity index (χ1) is 11.5. The van der Waals surface area contributed by atoms with E-state index in [1.165, 1.54) is 0 Å². The minimum Gasteiger partial charge on any atom is -0.458 e. The lowest BCUT2D eigenvalue weighted by Gasteiger charge is -2.36. The van der Waals surface area contributed by atoms with Gasteiger partial charge in [-0.1, -0.05) is 25.8 Å². The van der Waals surface area contributed by atoms with Crippen LogP contribution in [0.3, 0.4) is 0 Å². The van der Waals surface area contributed by atoms with Crippen LogP contribution in [0.25, 0.3) is 0 Å². The van der Waals surface area contributed by atoms with E-state index in [-0.39, 0.29) is 25.0 Å². The van der Waals surface area contributed by atoms with E-state index in [0.717, 1.165) is 24.2 Å². The van der Waals surface area contributed by atoms with Gasteiger partial charge in [0.2, 0.25) is 0 Å². The van der Waals surface area contributed by atoms with Crippen molar-refractivity contribution < 1.29 is 19.1 Å². The van der Waals surface area contributed by atoms with Crippen LogP contribution in [0.15, 0.2) is 24.4 Å². The first kappa shape index (κ1) is 16.4. The van der Waals surface area contributed by atoms with E-state index in [9.17, 15) is 14.4 Å². The Morgan fingerprint density at radius 1 is 1.42 bits per heavy atom. The molecule has 0 bridgehead atoms. The van der Waals surface area contributed by atoms with Crippen LogP contribution in [-0.4, -0.2) is 39.9 Å². The minimum absolute atomic E-state index is 0.0187. The maximum absolute atomic E-state index is 12.7. The number of urea groups is 1. The van der Waals surface area contributed by atoms with Crippen molar-refractivity contribution in [2.45, 2.75) is 44.8 Å². The quantitative estimate of drug-likeness (QED) is 0.669. The fourth-order valence-corrected chi connectivity index (χ4v) is 3.45. The zero-order chi connectivity index (χ0) is 17.2. The Labute approximate surface area is 140 Å². The summed E-state index contributed by atoms with van der Waals surface area (Å²) >= 11 is 0. The second-order valence-corrected chi connectivity index (χ2v) is 6.42. The largest absolute Gasteiger partial charge is 0.458 e. The predicted octanol–water partition coefficient (Wildman–Crippen LogP) is 1.63. The summed E-state index contributed by atoms with van der Waals surface area (Å²) in [6.07, 6.45) is 5.07. The average Bonchev–Trinajstić information content (AvgIpc) is 2.82. The first-order valence-electron chi connectivity index (χ1n) is 8.22. The number of carbonyl (C=O) groups is 3. The molecule has 2 atom stereocenters. The third-order valence-electron chi connectivity index (χ3n) is 4.90. The first-order valence-corrected chi connectivity index (χ1v) is 8.22. The van der Waals surface area contributed by atoms with Crippen molar-refractivity contribution in [1.82, 2.24) is 15.2 Å². The molecule has 1 spiro atoms. The predicted molar refractivity (Wildman–Crippen MR) is 84.6 cm³/mol. The van der Waals surface area contributed by atoms with E-state index < -0.39 is 17.5 Å². The second-order valence-electron chi connectivity index (χ2n) is 6.42. The molecule has 0 radical (unpaired) electrons. The number of hydrogen-bond acceptors (Lipinski definition) is 5. The van der Waals surface area contributed by atoms with Gasteiger partial charge in [0, 0.05) is 6.20 Å². The highest BCUT2D eigenvalue weighted by atomic mass is 16.5. The summed E-state index contributed by atoms with van der Waals surface area (Å²) in [4.78, 5) is 41.9. The Kier molecular flexibility index (Phi) is 4.51. The molecule has 0 aromatic carbocycles. The molecular weight excluding hydrogens is 310 g/mol. The lowest BCUT2D eigenvalue weighted by atomic mass is 9.73. The molecule has 1 saturated carbocycles. The second kappa shape index (κ2) is 6.59. The van der Waals surface area contributed by atoms with Crippen LogP contribution in [0.1, 0.15) is 38.3 Å². The van der Waals surface area contributed by atoms with Gasteiger partial charge in [0.05, 0.1) is 5.69 Å². The monoisotopic (exact) mass is 331 g/mol. The van der Waals surface area contributed by atoms with Crippen LogP contribution in [0.4, 0.5) is 4.79 Å². The molecule has 2 aliphatic rings. The molecule has 2 fully saturated rings. The van der Waals surface area contributed by atoms with E-state index in [1.54, 1.807) is 24.4 Å². The van der Waals surface area contributed by atoms with Crippen molar-refractivity contribution in [2.75, 3.05) is 6.54 Å². The smallest absolute Gasteiger partial charge is 0.326 e. The number of ether oxygens (including phenoxy) is 1. The number of aromatic nitrogens is 1. The molecule has 128 valence electrons. The van der Waals surface area contributed by atoms with Crippen molar-refractivity contribution in [2.24, 2.45) is 5.92 Å². The van der Waals surface area contributed by atoms with E-state index >= 15 is 0 Å². The van der Waals surface area contributed by atoms with Crippen molar-refractivity contribution in [1.29, 1.82) is 0 Å². The van der Waals surface area contributed by atoms with Gasteiger partial charge in [-0.15, -0.1) is 0 Å². The molecule has 1 N–H and O–H groups in total. The third kappa shape index (κ3) is 2.98. The molecule has 1 saturated heterocycles. The van der Waals surface area contributed by atoms with Crippen LogP contribution in [0.5, 0.6) is 0 Å². The van der Waals surface area contributed by atoms with E-state index in [0.29, 0.717) is 12.1 Å². The van der Waals surface area contributed by atoms with Crippen LogP contribution >= 0.6 is 0 Å². The van der Waals surface area contributed by atoms with Gasteiger partial charge in [-0.3, -0.25) is 19.5 Å². The van der Waals surface area contributed by atoms with Crippen LogP contribution in [0, 0.1) is 5.92 Å². The lowest BCUT2D eigenvalue weighted by Crippen LogP contribution is -2.54. The molecule has 3 rings (SSSR count). The third-order valence-corrected chi connectivity index (χ3v) is 4.90. The van der Waals surface area contributed by atoms with Gasteiger partial charge in [-0.05, 0) is 30.9 Å². The number of carbonyl (C=O) groups excluding carboxylic acids is 3.